The maximum absolute atomic E-state index is 10.7. The lowest BCUT2D eigenvalue weighted by atomic mass is 10.1. The van der Waals surface area contributed by atoms with E-state index in [9.17, 15) is 4.79 Å². The van der Waals surface area contributed by atoms with Crippen molar-refractivity contribution in [1.29, 1.82) is 0 Å². The van der Waals surface area contributed by atoms with Gasteiger partial charge in [0.05, 0.1) is 0 Å². The number of anilines is 1. The number of aliphatic hydroxyl groups is 1. The monoisotopic (exact) mass is 279 g/mol. The molecule has 0 aliphatic carbocycles. The highest BCUT2D eigenvalue weighted by Crippen LogP contribution is 2.16. The van der Waals surface area contributed by atoms with Crippen LogP contribution in [0.2, 0.25) is 0 Å². The van der Waals surface area contributed by atoms with Crippen molar-refractivity contribution >= 4 is 11.7 Å². The average molecular weight is 279 g/mol. The number of rotatable bonds is 8. The number of aliphatic hydroxyl groups excluding tert-OH is 1. The van der Waals surface area contributed by atoms with Gasteiger partial charge in [-0.15, -0.1) is 0 Å². The number of urea groups is 1. The molecule has 0 bridgehead atoms. The van der Waals surface area contributed by atoms with E-state index in [4.69, 9.17) is 10.8 Å². The van der Waals surface area contributed by atoms with E-state index in [1.54, 1.807) is 0 Å². The van der Waals surface area contributed by atoms with Crippen molar-refractivity contribution in [3.8, 4) is 0 Å². The van der Waals surface area contributed by atoms with Crippen LogP contribution >= 0.6 is 0 Å². The van der Waals surface area contributed by atoms with Gasteiger partial charge in [-0.3, -0.25) is 0 Å². The average Bonchev–Trinajstić information content (AvgIpc) is 2.43. The molecule has 2 unspecified atom stereocenters. The fourth-order valence-corrected chi connectivity index (χ4v) is 1.98. The van der Waals surface area contributed by atoms with Crippen LogP contribution in [0.4, 0.5) is 10.5 Å². The maximum atomic E-state index is 10.7. The summed E-state index contributed by atoms with van der Waals surface area (Å²) in [6.45, 7) is 5.33. The molecule has 0 aromatic heterocycles. The first-order chi connectivity index (χ1) is 9.52. The standard InChI is InChI=1S/C15H25N3O2/c1-11(10-19)4-3-9-17-12(2)13-5-7-14(8-6-13)18-15(16)20/h5-8,11-12,17,19H,3-4,9-10H2,1-2H3,(H3,16,18,20). The summed E-state index contributed by atoms with van der Waals surface area (Å²) in [5, 5.41) is 14.9. The first-order valence-corrected chi connectivity index (χ1v) is 7.03. The smallest absolute Gasteiger partial charge is 0.316 e. The fourth-order valence-electron chi connectivity index (χ4n) is 1.98. The van der Waals surface area contributed by atoms with E-state index in [0.29, 0.717) is 11.6 Å². The predicted octanol–water partition coefficient (Wildman–Crippen LogP) is 2.24. The predicted molar refractivity (Wildman–Crippen MR) is 81.5 cm³/mol. The third-order valence-corrected chi connectivity index (χ3v) is 3.31. The molecule has 112 valence electrons. The highest BCUT2D eigenvalue weighted by molar-refractivity contribution is 5.87. The summed E-state index contributed by atoms with van der Waals surface area (Å²) in [7, 11) is 0. The van der Waals surface area contributed by atoms with Crippen LogP contribution in [0, 0.1) is 5.92 Å². The third kappa shape index (κ3) is 6.04. The molecule has 0 saturated heterocycles. The SMILES string of the molecule is CC(CO)CCCNC(C)c1ccc(NC(N)=O)cc1. The van der Waals surface area contributed by atoms with Crippen molar-refractivity contribution in [2.45, 2.75) is 32.7 Å². The molecule has 0 aliphatic rings. The van der Waals surface area contributed by atoms with Crippen LogP contribution in [0.3, 0.4) is 0 Å². The van der Waals surface area contributed by atoms with Gasteiger partial charge >= 0.3 is 6.03 Å². The highest BCUT2D eigenvalue weighted by atomic mass is 16.3. The zero-order valence-electron chi connectivity index (χ0n) is 12.2. The van der Waals surface area contributed by atoms with Crippen LogP contribution in [0.1, 0.15) is 38.3 Å². The summed E-state index contributed by atoms with van der Waals surface area (Å²) >= 11 is 0. The number of carbonyl (C=O) groups excluding carboxylic acids is 1. The minimum absolute atomic E-state index is 0.252. The number of nitrogens with two attached hydrogens (primary N) is 1. The molecule has 0 spiro atoms. The molecule has 0 radical (unpaired) electrons. The lowest BCUT2D eigenvalue weighted by molar-refractivity contribution is 0.227. The van der Waals surface area contributed by atoms with Crippen molar-refractivity contribution in [3.63, 3.8) is 0 Å². The van der Waals surface area contributed by atoms with Crippen molar-refractivity contribution < 1.29 is 9.90 Å². The fraction of sp³-hybridized carbons (Fsp3) is 0.533. The van der Waals surface area contributed by atoms with E-state index >= 15 is 0 Å². The van der Waals surface area contributed by atoms with Crippen LogP contribution < -0.4 is 16.4 Å². The molecule has 5 N–H and O–H groups in total. The zero-order valence-corrected chi connectivity index (χ0v) is 12.2. The number of carbonyl (C=O) groups is 1. The Bertz CT molecular complexity index is 406. The van der Waals surface area contributed by atoms with E-state index in [2.05, 4.69) is 17.6 Å². The van der Waals surface area contributed by atoms with Gasteiger partial charge in [-0.2, -0.15) is 0 Å². The van der Waals surface area contributed by atoms with Gasteiger partial charge in [0.15, 0.2) is 0 Å². The minimum Gasteiger partial charge on any atom is -0.396 e. The van der Waals surface area contributed by atoms with Crippen LogP contribution in [-0.2, 0) is 0 Å². The Balaban J connectivity index is 2.35. The summed E-state index contributed by atoms with van der Waals surface area (Å²) in [6.07, 6.45) is 2.07. The summed E-state index contributed by atoms with van der Waals surface area (Å²) in [5.74, 6) is 0.367. The number of primary amides is 1. The number of hydrogen-bond acceptors (Lipinski definition) is 3. The Hall–Kier alpha value is -1.59. The van der Waals surface area contributed by atoms with Gasteiger partial charge < -0.3 is 21.5 Å². The van der Waals surface area contributed by atoms with Gasteiger partial charge in [0.2, 0.25) is 0 Å². The molecule has 2 atom stereocenters. The molecule has 1 rings (SSSR count). The second kappa shape index (κ2) is 8.55. The molecular formula is C15H25N3O2. The summed E-state index contributed by atoms with van der Waals surface area (Å²) in [5.41, 5.74) is 6.92. The lowest BCUT2D eigenvalue weighted by Crippen LogP contribution is -2.21. The molecule has 2 amide bonds. The van der Waals surface area contributed by atoms with Crippen LogP contribution in [0.5, 0.6) is 0 Å². The largest absolute Gasteiger partial charge is 0.396 e. The van der Waals surface area contributed by atoms with Gasteiger partial charge in [0.1, 0.15) is 0 Å². The van der Waals surface area contributed by atoms with Gasteiger partial charge in [0.25, 0.3) is 0 Å². The molecule has 0 saturated carbocycles. The Kier molecular flexibility index (Phi) is 7.04. The van der Waals surface area contributed by atoms with Crippen molar-refractivity contribution in [2.75, 3.05) is 18.5 Å². The molecule has 20 heavy (non-hydrogen) atoms. The van der Waals surface area contributed by atoms with E-state index < -0.39 is 6.03 Å². The third-order valence-electron chi connectivity index (χ3n) is 3.31. The highest BCUT2D eigenvalue weighted by Gasteiger charge is 2.05. The summed E-state index contributed by atoms with van der Waals surface area (Å²) in [6, 6.07) is 7.32. The molecule has 1 aromatic carbocycles. The Labute approximate surface area is 120 Å². The topological polar surface area (TPSA) is 87.4 Å². The maximum Gasteiger partial charge on any atom is 0.316 e. The molecular weight excluding hydrogens is 254 g/mol. The Morgan fingerprint density at radius 2 is 1.95 bits per heavy atom. The van der Waals surface area contributed by atoms with Crippen LogP contribution in [0.25, 0.3) is 0 Å². The molecule has 0 fully saturated rings. The van der Waals surface area contributed by atoms with Gasteiger partial charge in [-0.1, -0.05) is 19.1 Å². The quantitative estimate of drug-likeness (QED) is 0.550. The Morgan fingerprint density at radius 3 is 2.50 bits per heavy atom. The minimum atomic E-state index is -0.554. The normalized spacial score (nSPS) is 13.8. The Morgan fingerprint density at radius 1 is 1.30 bits per heavy atom. The summed E-state index contributed by atoms with van der Waals surface area (Å²) in [4.78, 5) is 10.7. The first-order valence-electron chi connectivity index (χ1n) is 7.03. The number of benzene rings is 1. The number of nitrogens with one attached hydrogen (secondary N) is 2. The molecule has 1 aromatic rings. The number of hydrogen-bond donors (Lipinski definition) is 4. The van der Waals surface area contributed by atoms with Crippen molar-refractivity contribution in [1.82, 2.24) is 5.32 Å². The van der Waals surface area contributed by atoms with Crippen LogP contribution in [-0.4, -0.2) is 24.3 Å². The lowest BCUT2D eigenvalue weighted by Gasteiger charge is -2.15. The summed E-state index contributed by atoms with van der Waals surface area (Å²) < 4.78 is 0. The second-order valence-corrected chi connectivity index (χ2v) is 5.22. The van der Waals surface area contributed by atoms with Gasteiger partial charge in [-0.05, 0) is 49.9 Å². The molecule has 0 heterocycles. The molecule has 5 nitrogen and oxygen atoms in total. The zero-order chi connectivity index (χ0) is 15.0. The van der Waals surface area contributed by atoms with Gasteiger partial charge in [0, 0.05) is 18.3 Å². The second-order valence-electron chi connectivity index (χ2n) is 5.22. The first kappa shape index (κ1) is 16.5. The van der Waals surface area contributed by atoms with Crippen molar-refractivity contribution in [3.05, 3.63) is 29.8 Å². The van der Waals surface area contributed by atoms with E-state index in [-0.39, 0.29) is 12.6 Å². The van der Waals surface area contributed by atoms with E-state index in [1.165, 1.54) is 0 Å². The van der Waals surface area contributed by atoms with E-state index in [0.717, 1.165) is 24.9 Å². The number of amides is 2. The molecule has 5 heteroatoms. The molecule has 0 aliphatic heterocycles. The van der Waals surface area contributed by atoms with Gasteiger partial charge in [-0.25, -0.2) is 4.79 Å². The van der Waals surface area contributed by atoms with Crippen LogP contribution in [0.15, 0.2) is 24.3 Å². The van der Waals surface area contributed by atoms with E-state index in [1.807, 2.05) is 31.2 Å². The van der Waals surface area contributed by atoms with Crippen molar-refractivity contribution in [2.24, 2.45) is 11.7 Å².